The summed E-state index contributed by atoms with van der Waals surface area (Å²) in [7, 11) is 1.64. The lowest BCUT2D eigenvalue weighted by molar-refractivity contribution is -0.0819. The molecule has 62 valence electrons. The lowest BCUT2D eigenvalue weighted by Gasteiger charge is -2.17. The van der Waals surface area contributed by atoms with Gasteiger partial charge in [-0.25, -0.2) is 0 Å². The molecule has 2 nitrogen and oxygen atoms in total. The van der Waals surface area contributed by atoms with Gasteiger partial charge in [0, 0.05) is 7.11 Å². The summed E-state index contributed by atoms with van der Waals surface area (Å²) >= 11 is 0. The van der Waals surface area contributed by atoms with Crippen LogP contribution >= 0.6 is 0 Å². The first kappa shape index (κ1) is 9.92. The second-order valence-corrected chi connectivity index (χ2v) is 2.66. The number of ether oxygens (including phenoxy) is 2. The lowest BCUT2D eigenvalue weighted by Crippen LogP contribution is -2.18. The Hall–Kier alpha value is -0.0800. The lowest BCUT2D eigenvalue weighted by atomic mass is 10.0. The van der Waals surface area contributed by atoms with E-state index in [9.17, 15) is 0 Å². The molecule has 0 radical (unpaired) electrons. The predicted molar refractivity (Wildman–Crippen MR) is 41.9 cm³/mol. The van der Waals surface area contributed by atoms with Crippen LogP contribution in [0.3, 0.4) is 0 Å². The van der Waals surface area contributed by atoms with Crippen molar-refractivity contribution < 1.29 is 9.47 Å². The highest BCUT2D eigenvalue weighted by Crippen LogP contribution is 2.09. The van der Waals surface area contributed by atoms with Crippen LogP contribution in [0.2, 0.25) is 0 Å². The van der Waals surface area contributed by atoms with Crippen molar-refractivity contribution in [1.29, 1.82) is 0 Å². The summed E-state index contributed by atoms with van der Waals surface area (Å²) in [4.78, 5) is 0. The van der Waals surface area contributed by atoms with E-state index in [0.717, 1.165) is 6.42 Å². The van der Waals surface area contributed by atoms with Crippen molar-refractivity contribution in [1.82, 2.24) is 0 Å². The van der Waals surface area contributed by atoms with Gasteiger partial charge in [0.1, 0.15) is 6.79 Å². The van der Waals surface area contributed by atoms with Crippen LogP contribution < -0.4 is 0 Å². The van der Waals surface area contributed by atoms with Crippen molar-refractivity contribution in [3.8, 4) is 0 Å². The van der Waals surface area contributed by atoms with Gasteiger partial charge >= 0.3 is 0 Å². The third-order valence-corrected chi connectivity index (χ3v) is 1.89. The van der Waals surface area contributed by atoms with Crippen molar-refractivity contribution in [2.24, 2.45) is 5.92 Å². The molecule has 0 heterocycles. The van der Waals surface area contributed by atoms with E-state index >= 15 is 0 Å². The van der Waals surface area contributed by atoms with Crippen LogP contribution in [-0.4, -0.2) is 20.0 Å². The van der Waals surface area contributed by atoms with Gasteiger partial charge < -0.3 is 9.47 Å². The Balaban J connectivity index is 3.31. The Morgan fingerprint density at radius 3 is 2.30 bits per heavy atom. The molecule has 2 unspecified atom stereocenters. The molecule has 2 atom stereocenters. The first-order valence-electron chi connectivity index (χ1n) is 3.82. The maximum absolute atomic E-state index is 5.32. The number of hydrogen-bond donors (Lipinski definition) is 0. The second-order valence-electron chi connectivity index (χ2n) is 2.66. The third-order valence-electron chi connectivity index (χ3n) is 1.89. The quantitative estimate of drug-likeness (QED) is 0.552. The predicted octanol–water partition coefficient (Wildman–Crippen LogP) is 2.04. The fourth-order valence-corrected chi connectivity index (χ4v) is 0.672. The fourth-order valence-electron chi connectivity index (χ4n) is 0.672. The van der Waals surface area contributed by atoms with E-state index in [2.05, 4.69) is 20.8 Å². The van der Waals surface area contributed by atoms with Gasteiger partial charge in [-0.1, -0.05) is 20.3 Å². The fraction of sp³-hybridized carbons (Fsp3) is 1.00. The van der Waals surface area contributed by atoms with Gasteiger partial charge in [-0.15, -0.1) is 0 Å². The summed E-state index contributed by atoms with van der Waals surface area (Å²) in [6, 6.07) is 0. The summed E-state index contributed by atoms with van der Waals surface area (Å²) in [6.45, 7) is 6.83. The Morgan fingerprint density at radius 1 is 1.30 bits per heavy atom. The second kappa shape index (κ2) is 5.69. The molecule has 0 aromatic rings. The Kier molecular flexibility index (Phi) is 5.64. The summed E-state index contributed by atoms with van der Waals surface area (Å²) < 4.78 is 10.1. The van der Waals surface area contributed by atoms with Crippen molar-refractivity contribution >= 4 is 0 Å². The molecule has 0 saturated heterocycles. The van der Waals surface area contributed by atoms with Gasteiger partial charge in [0.15, 0.2) is 0 Å². The van der Waals surface area contributed by atoms with Gasteiger partial charge in [-0.2, -0.15) is 0 Å². The summed E-state index contributed by atoms with van der Waals surface area (Å²) in [5, 5.41) is 0. The minimum atomic E-state index is 0.310. The molecule has 0 aromatic heterocycles. The van der Waals surface area contributed by atoms with Crippen LogP contribution in [-0.2, 0) is 9.47 Å². The van der Waals surface area contributed by atoms with Gasteiger partial charge in [-0.3, -0.25) is 0 Å². The zero-order valence-electron chi connectivity index (χ0n) is 7.39. The maximum atomic E-state index is 5.32. The average molecular weight is 146 g/mol. The van der Waals surface area contributed by atoms with E-state index in [1.54, 1.807) is 7.11 Å². The monoisotopic (exact) mass is 146 g/mol. The molecule has 0 spiro atoms. The highest BCUT2D eigenvalue weighted by atomic mass is 16.7. The Labute approximate surface area is 63.5 Å². The third kappa shape index (κ3) is 3.85. The minimum Gasteiger partial charge on any atom is -0.359 e. The molecule has 0 N–H and O–H groups in total. The summed E-state index contributed by atoms with van der Waals surface area (Å²) in [6.07, 6.45) is 1.47. The van der Waals surface area contributed by atoms with Crippen LogP contribution in [0.15, 0.2) is 0 Å². The van der Waals surface area contributed by atoms with Crippen LogP contribution in [0.25, 0.3) is 0 Å². The van der Waals surface area contributed by atoms with E-state index in [1.165, 1.54) is 0 Å². The van der Waals surface area contributed by atoms with Crippen molar-refractivity contribution in [2.75, 3.05) is 13.9 Å². The molecule has 0 saturated carbocycles. The molecule has 0 aliphatic rings. The van der Waals surface area contributed by atoms with E-state index in [4.69, 9.17) is 9.47 Å². The topological polar surface area (TPSA) is 18.5 Å². The number of rotatable bonds is 5. The van der Waals surface area contributed by atoms with Gasteiger partial charge in [-0.05, 0) is 12.8 Å². The average Bonchev–Trinajstić information content (AvgIpc) is 1.98. The Bertz CT molecular complexity index is 73.7. The first-order valence-corrected chi connectivity index (χ1v) is 3.82. The first-order chi connectivity index (χ1) is 4.72. The van der Waals surface area contributed by atoms with Crippen molar-refractivity contribution in [3.05, 3.63) is 0 Å². The Morgan fingerprint density at radius 2 is 1.90 bits per heavy atom. The van der Waals surface area contributed by atoms with E-state index < -0.39 is 0 Å². The smallest absolute Gasteiger partial charge is 0.146 e. The van der Waals surface area contributed by atoms with Gasteiger partial charge in [0.2, 0.25) is 0 Å². The van der Waals surface area contributed by atoms with Crippen LogP contribution in [0, 0.1) is 5.92 Å². The highest BCUT2D eigenvalue weighted by molar-refractivity contribution is 4.57. The number of methoxy groups -OCH3 is 1. The molecular weight excluding hydrogens is 128 g/mol. The van der Waals surface area contributed by atoms with Gasteiger partial charge in [0.25, 0.3) is 0 Å². The number of hydrogen-bond acceptors (Lipinski definition) is 2. The van der Waals surface area contributed by atoms with Crippen LogP contribution in [0.4, 0.5) is 0 Å². The zero-order chi connectivity index (χ0) is 7.98. The minimum absolute atomic E-state index is 0.310. The SMILES string of the molecule is CCC(C)C(C)OCOC. The van der Waals surface area contributed by atoms with Crippen molar-refractivity contribution in [3.63, 3.8) is 0 Å². The van der Waals surface area contributed by atoms with E-state index in [0.29, 0.717) is 18.8 Å². The standard InChI is InChI=1S/C8H18O2/c1-5-7(2)8(3)10-6-9-4/h7-8H,5-6H2,1-4H3. The molecule has 0 amide bonds. The molecule has 0 aliphatic heterocycles. The van der Waals surface area contributed by atoms with Crippen LogP contribution in [0.1, 0.15) is 27.2 Å². The van der Waals surface area contributed by atoms with Crippen molar-refractivity contribution in [2.45, 2.75) is 33.3 Å². The largest absolute Gasteiger partial charge is 0.359 e. The highest BCUT2D eigenvalue weighted by Gasteiger charge is 2.08. The summed E-state index contributed by atoms with van der Waals surface area (Å²) in [5.41, 5.74) is 0. The molecule has 0 aliphatic carbocycles. The van der Waals surface area contributed by atoms with Gasteiger partial charge in [0.05, 0.1) is 6.10 Å². The normalized spacial score (nSPS) is 16.8. The van der Waals surface area contributed by atoms with E-state index in [1.807, 2.05) is 0 Å². The molecule has 10 heavy (non-hydrogen) atoms. The molecule has 2 heteroatoms. The molecule has 0 bridgehead atoms. The van der Waals surface area contributed by atoms with E-state index in [-0.39, 0.29) is 0 Å². The molecular formula is C8H18O2. The molecule has 0 rings (SSSR count). The van der Waals surface area contributed by atoms with Crippen LogP contribution in [0.5, 0.6) is 0 Å². The molecule has 0 aromatic carbocycles. The zero-order valence-corrected chi connectivity index (χ0v) is 7.39. The molecule has 0 fully saturated rings. The summed E-state index contributed by atoms with van der Waals surface area (Å²) in [5.74, 6) is 0.621. The maximum Gasteiger partial charge on any atom is 0.146 e.